The lowest BCUT2D eigenvalue weighted by atomic mass is 9.76. The molecule has 1 unspecified atom stereocenters. The summed E-state index contributed by atoms with van der Waals surface area (Å²) in [5.74, 6) is 0. The third-order valence-electron chi connectivity index (χ3n) is 3.18. The van der Waals surface area contributed by atoms with E-state index in [1.54, 1.807) is 0 Å². The predicted molar refractivity (Wildman–Crippen MR) is 47.0 cm³/mol. The highest BCUT2D eigenvalue weighted by molar-refractivity contribution is 6.01. The lowest BCUT2D eigenvalue weighted by Crippen LogP contribution is -2.18. The van der Waals surface area contributed by atoms with E-state index in [4.69, 9.17) is 5.41 Å². The van der Waals surface area contributed by atoms with Gasteiger partial charge in [-0.25, -0.2) is 0 Å². The van der Waals surface area contributed by atoms with Crippen molar-refractivity contribution in [3.05, 3.63) is 11.6 Å². The van der Waals surface area contributed by atoms with Crippen LogP contribution in [0.5, 0.6) is 0 Å². The van der Waals surface area contributed by atoms with Gasteiger partial charge in [0.25, 0.3) is 0 Å². The zero-order valence-electron chi connectivity index (χ0n) is 7.11. The van der Waals surface area contributed by atoms with Gasteiger partial charge in [0, 0.05) is 5.71 Å². The summed E-state index contributed by atoms with van der Waals surface area (Å²) in [5, 5.41) is 7.73. The largest absolute Gasteiger partial charge is 0.305 e. The van der Waals surface area contributed by atoms with E-state index in [1.165, 1.54) is 31.3 Å². The van der Waals surface area contributed by atoms with Gasteiger partial charge in [0.05, 0.1) is 0 Å². The van der Waals surface area contributed by atoms with Crippen LogP contribution in [0.3, 0.4) is 0 Å². The summed E-state index contributed by atoms with van der Waals surface area (Å²) in [6.45, 7) is 2.32. The van der Waals surface area contributed by atoms with Crippen LogP contribution in [0.4, 0.5) is 0 Å². The Balaban J connectivity index is 2.38. The summed E-state index contributed by atoms with van der Waals surface area (Å²) >= 11 is 0. The molecule has 0 amide bonds. The number of hydrogen-bond donors (Lipinski definition) is 1. The molecular formula is C10H15N. The fraction of sp³-hybridized carbons (Fsp3) is 0.700. The van der Waals surface area contributed by atoms with Gasteiger partial charge in [-0.05, 0) is 43.1 Å². The van der Waals surface area contributed by atoms with Crippen molar-refractivity contribution >= 4 is 5.71 Å². The summed E-state index contributed by atoms with van der Waals surface area (Å²) in [7, 11) is 0. The lowest BCUT2D eigenvalue weighted by Gasteiger charge is -2.28. The monoisotopic (exact) mass is 149 g/mol. The average Bonchev–Trinajstić information content (AvgIpc) is 2.29. The zero-order chi connectivity index (χ0) is 7.90. The fourth-order valence-corrected chi connectivity index (χ4v) is 2.40. The minimum atomic E-state index is 0.398. The Labute approximate surface area is 68.0 Å². The van der Waals surface area contributed by atoms with Crippen molar-refractivity contribution in [3.8, 4) is 0 Å². The Morgan fingerprint density at radius 3 is 3.00 bits per heavy atom. The van der Waals surface area contributed by atoms with E-state index in [0.29, 0.717) is 5.41 Å². The van der Waals surface area contributed by atoms with Crippen molar-refractivity contribution in [2.24, 2.45) is 5.41 Å². The Bertz CT molecular complexity index is 227. The van der Waals surface area contributed by atoms with E-state index in [9.17, 15) is 0 Å². The summed E-state index contributed by atoms with van der Waals surface area (Å²) in [4.78, 5) is 0. The zero-order valence-corrected chi connectivity index (χ0v) is 7.11. The molecule has 0 bridgehead atoms. The minimum absolute atomic E-state index is 0.398. The fourth-order valence-electron chi connectivity index (χ4n) is 2.40. The van der Waals surface area contributed by atoms with E-state index in [0.717, 1.165) is 12.1 Å². The normalized spacial score (nSPS) is 36.8. The summed E-state index contributed by atoms with van der Waals surface area (Å²) in [6, 6.07) is 0. The molecule has 0 radical (unpaired) electrons. The van der Waals surface area contributed by atoms with Crippen LogP contribution in [0.15, 0.2) is 11.6 Å². The molecule has 1 nitrogen and oxygen atoms in total. The number of rotatable bonds is 0. The third kappa shape index (κ3) is 0.943. The molecule has 1 saturated carbocycles. The van der Waals surface area contributed by atoms with E-state index < -0.39 is 0 Å². The number of allylic oxidation sites excluding steroid dienone is 2. The molecule has 1 fully saturated rings. The van der Waals surface area contributed by atoms with E-state index in [2.05, 4.69) is 13.0 Å². The van der Waals surface area contributed by atoms with Gasteiger partial charge >= 0.3 is 0 Å². The smallest absolute Gasteiger partial charge is 0.0348 e. The van der Waals surface area contributed by atoms with Crippen LogP contribution in [0.25, 0.3) is 0 Å². The molecule has 0 aromatic carbocycles. The second-order valence-electron chi connectivity index (χ2n) is 4.05. The van der Waals surface area contributed by atoms with Crippen molar-refractivity contribution in [2.45, 2.75) is 39.0 Å². The Kier molecular flexibility index (Phi) is 1.41. The molecule has 1 heteroatoms. The maximum absolute atomic E-state index is 7.73. The van der Waals surface area contributed by atoms with Crippen LogP contribution < -0.4 is 0 Å². The maximum atomic E-state index is 7.73. The van der Waals surface area contributed by atoms with Gasteiger partial charge in [-0.3, -0.25) is 0 Å². The van der Waals surface area contributed by atoms with Crippen LogP contribution >= 0.6 is 0 Å². The summed E-state index contributed by atoms with van der Waals surface area (Å²) < 4.78 is 0. The van der Waals surface area contributed by atoms with Crippen molar-refractivity contribution in [1.29, 1.82) is 5.41 Å². The first kappa shape index (κ1) is 7.08. The van der Waals surface area contributed by atoms with Crippen LogP contribution in [0, 0.1) is 10.8 Å². The quantitative estimate of drug-likeness (QED) is 0.547. The standard InChI is InChI=1S/C10H15N/c1-10-6-3-2-4-8(10)9(11)5-7-10/h4,11H,2-3,5-7H2,1H3. The van der Waals surface area contributed by atoms with Gasteiger partial charge in [0.1, 0.15) is 0 Å². The molecule has 0 aromatic rings. The third-order valence-corrected chi connectivity index (χ3v) is 3.18. The van der Waals surface area contributed by atoms with Crippen LogP contribution in [-0.2, 0) is 0 Å². The van der Waals surface area contributed by atoms with Crippen LogP contribution in [0.1, 0.15) is 39.0 Å². The highest BCUT2D eigenvalue weighted by Gasteiger charge is 2.37. The molecule has 0 saturated heterocycles. The van der Waals surface area contributed by atoms with Gasteiger partial charge in [-0.15, -0.1) is 0 Å². The predicted octanol–water partition coefficient (Wildman–Crippen LogP) is 2.92. The van der Waals surface area contributed by atoms with Crippen molar-refractivity contribution < 1.29 is 0 Å². The molecule has 2 aliphatic carbocycles. The molecule has 60 valence electrons. The van der Waals surface area contributed by atoms with Crippen molar-refractivity contribution in [1.82, 2.24) is 0 Å². The molecule has 0 aromatic heterocycles. The molecular weight excluding hydrogens is 134 g/mol. The first-order valence-electron chi connectivity index (χ1n) is 4.51. The number of hydrogen-bond acceptors (Lipinski definition) is 1. The molecule has 11 heavy (non-hydrogen) atoms. The number of nitrogens with one attached hydrogen (secondary N) is 1. The number of fused-ring (bicyclic) bond motifs is 1. The highest BCUT2D eigenvalue weighted by atomic mass is 14.5. The molecule has 1 N–H and O–H groups in total. The first-order chi connectivity index (χ1) is 5.22. The van der Waals surface area contributed by atoms with Crippen molar-refractivity contribution in [2.75, 3.05) is 0 Å². The summed E-state index contributed by atoms with van der Waals surface area (Å²) in [6.07, 6.45) is 8.36. The molecule has 2 aliphatic rings. The topological polar surface area (TPSA) is 23.9 Å². The second kappa shape index (κ2) is 2.20. The SMILES string of the molecule is CC12CCCC=C1C(=N)CC2. The van der Waals surface area contributed by atoms with Gasteiger partial charge in [-0.1, -0.05) is 13.0 Å². The minimum Gasteiger partial charge on any atom is -0.305 e. The van der Waals surface area contributed by atoms with E-state index >= 15 is 0 Å². The van der Waals surface area contributed by atoms with Gasteiger partial charge in [0.2, 0.25) is 0 Å². The molecule has 1 atom stereocenters. The van der Waals surface area contributed by atoms with Crippen molar-refractivity contribution in [3.63, 3.8) is 0 Å². The van der Waals surface area contributed by atoms with Crippen LogP contribution in [-0.4, -0.2) is 5.71 Å². The lowest BCUT2D eigenvalue weighted by molar-refractivity contribution is 0.351. The van der Waals surface area contributed by atoms with Gasteiger partial charge < -0.3 is 5.41 Å². The Morgan fingerprint density at radius 1 is 1.45 bits per heavy atom. The van der Waals surface area contributed by atoms with E-state index in [-0.39, 0.29) is 0 Å². The van der Waals surface area contributed by atoms with Crippen LogP contribution in [0.2, 0.25) is 0 Å². The second-order valence-corrected chi connectivity index (χ2v) is 4.05. The first-order valence-corrected chi connectivity index (χ1v) is 4.51. The highest BCUT2D eigenvalue weighted by Crippen LogP contribution is 2.46. The molecule has 2 rings (SSSR count). The van der Waals surface area contributed by atoms with Gasteiger partial charge in [0.15, 0.2) is 0 Å². The summed E-state index contributed by atoms with van der Waals surface area (Å²) in [5.41, 5.74) is 2.67. The van der Waals surface area contributed by atoms with Gasteiger partial charge in [-0.2, -0.15) is 0 Å². The average molecular weight is 149 g/mol. The molecule has 0 heterocycles. The molecule has 0 spiro atoms. The Hall–Kier alpha value is -0.590. The molecule has 0 aliphatic heterocycles. The Morgan fingerprint density at radius 2 is 2.27 bits per heavy atom. The maximum Gasteiger partial charge on any atom is 0.0348 e. The van der Waals surface area contributed by atoms with E-state index in [1.807, 2.05) is 0 Å².